The van der Waals surface area contributed by atoms with Crippen LogP contribution in [0.15, 0.2) is 43.0 Å². The predicted molar refractivity (Wildman–Crippen MR) is 88.0 cm³/mol. The van der Waals surface area contributed by atoms with Crippen LogP contribution in [0, 0.1) is 34.5 Å². The van der Waals surface area contributed by atoms with E-state index in [1.54, 1.807) is 26.8 Å². The Bertz CT molecular complexity index is 604. The quantitative estimate of drug-likeness (QED) is 0.588. The van der Waals surface area contributed by atoms with Gasteiger partial charge in [-0.2, -0.15) is 10.5 Å². The van der Waals surface area contributed by atoms with E-state index in [1.807, 2.05) is 42.5 Å². The third-order valence-corrected chi connectivity index (χ3v) is 3.39. The molecule has 0 spiro atoms. The molecule has 0 aliphatic rings. The number of nitrogens with zero attached hydrogens (tertiary/aromatic N) is 2. The fourth-order valence-corrected chi connectivity index (χ4v) is 2.47. The molecule has 0 unspecified atom stereocenters. The molecule has 2 atom stereocenters. The normalized spacial score (nSPS) is 13.5. The second-order valence-electron chi connectivity index (χ2n) is 6.34. The van der Waals surface area contributed by atoms with Gasteiger partial charge in [0.2, 0.25) is 0 Å². The summed E-state index contributed by atoms with van der Waals surface area (Å²) in [5.41, 5.74) is 0.144. The van der Waals surface area contributed by atoms with Crippen LogP contribution >= 0.6 is 0 Å². The van der Waals surface area contributed by atoms with Crippen molar-refractivity contribution in [2.45, 2.75) is 38.7 Å². The summed E-state index contributed by atoms with van der Waals surface area (Å²) >= 11 is 0. The minimum Gasteiger partial charge on any atom is -0.460 e. The predicted octanol–water partition coefficient (Wildman–Crippen LogP) is 3.97. The molecule has 0 amide bonds. The van der Waals surface area contributed by atoms with Gasteiger partial charge in [-0.1, -0.05) is 36.4 Å². The van der Waals surface area contributed by atoms with Gasteiger partial charge in [0.25, 0.3) is 0 Å². The summed E-state index contributed by atoms with van der Waals surface area (Å²) in [7, 11) is 0. The van der Waals surface area contributed by atoms with Gasteiger partial charge in [0.05, 0.1) is 18.1 Å². The van der Waals surface area contributed by atoms with Gasteiger partial charge in [0.15, 0.2) is 0 Å². The molecular weight excluding hydrogens is 288 g/mol. The Balaban J connectivity index is 3.29. The molecule has 1 rings (SSSR count). The zero-order valence-electron chi connectivity index (χ0n) is 13.8. The maximum absolute atomic E-state index is 12.6. The molecule has 0 saturated carbocycles. The summed E-state index contributed by atoms with van der Waals surface area (Å²) in [4.78, 5) is 12.6. The zero-order chi connectivity index (χ0) is 17.5. The Morgan fingerprint density at radius 3 is 2.26 bits per heavy atom. The largest absolute Gasteiger partial charge is 0.460 e. The minimum absolute atomic E-state index is 0.342. The molecule has 120 valence electrons. The van der Waals surface area contributed by atoms with Crippen LogP contribution in [0.5, 0.6) is 0 Å². The first-order chi connectivity index (χ1) is 10.8. The number of hydrogen-bond acceptors (Lipinski definition) is 4. The number of hydrogen-bond donors (Lipinski definition) is 0. The molecule has 1 aromatic rings. The number of nitriles is 2. The molecule has 0 N–H and O–H groups in total. The van der Waals surface area contributed by atoms with E-state index < -0.39 is 29.3 Å². The maximum atomic E-state index is 12.6. The van der Waals surface area contributed by atoms with E-state index in [2.05, 4.69) is 6.58 Å². The first-order valence-electron chi connectivity index (χ1n) is 7.52. The van der Waals surface area contributed by atoms with Crippen LogP contribution in [-0.4, -0.2) is 11.6 Å². The van der Waals surface area contributed by atoms with Crippen molar-refractivity contribution in [3.63, 3.8) is 0 Å². The molecule has 0 aliphatic carbocycles. The Morgan fingerprint density at radius 1 is 1.26 bits per heavy atom. The molecule has 0 aliphatic heterocycles. The summed E-state index contributed by atoms with van der Waals surface area (Å²) in [5, 5.41) is 18.7. The van der Waals surface area contributed by atoms with Crippen LogP contribution in [0.2, 0.25) is 0 Å². The Morgan fingerprint density at radius 2 is 1.83 bits per heavy atom. The van der Waals surface area contributed by atoms with Crippen LogP contribution in [-0.2, 0) is 9.53 Å². The molecule has 0 radical (unpaired) electrons. The van der Waals surface area contributed by atoms with Crippen molar-refractivity contribution in [1.82, 2.24) is 0 Å². The highest BCUT2D eigenvalue weighted by Gasteiger charge is 2.37. The standard InChI is InChI=1S/C19H22N2O2/c1-5-9-16(18(22)23-19(2,3)4)17(15(12-20)13-21)14-10-7-6-8-11-14/h5-8,10-11,15-17H,1,9H2,2-4H3/t16-,17+/m1/s1. The van der Waals surface area contributed by atoms with Crippen molar-refractivity contribution in [3.8, 4) is 12.1 Å². The fraction of sp³-hybridized carbons (Fsp3) is 0.421. The number of carbonyl (C=O) groups excluding carboxylic acids is 1. The summed E-state index contributed by atoms with van der Waals surface area (Å²) in [6, 6.07) is 13.2. The topological polar surface area (TPSA) is 73.9 Å². The van der Waals surface area contributed by atoms with Crippen LogP contribution in [0.3, 0.4) is 0 Å². The van der Waals surface area contributed by atoms with E-state index in [0.717, 1.165) is 5.56 Å². The smallest absolute Gasteiger partial charge is 0.310 e. The van der Waals surface area contributed by atoms with E-state index in [-0.39, 0.29) is 0 Å². The van der Waals surface area contributed by atoms with Crippen molar-refractivity contribution in [2.24, 2.45) is 11.8 Å². The molecule has 0 saturated heterocycles. The van der Waals surface area contributed by atoms with Crippen molar-refractivity contribution in [1.29, 1.82) is 10.5 Å². The van der Waals surface area contributed by atoms with Gasteiger partial charge in [-0.15, -0.1) is 6.58 Å². The number of allylic oxidation sites excluding steroid dienone is 1. The molecule has 4 nitrogen and oxygen atoms in total. The lowest BCUT2D eigenvalue weighted by molar-refractivity contribution is -0.161. The number of ether oxygens (including phenoxy) is 1. The monoisotopic (exact) mass is 310 g/mol. The summed E-state index contributed by atoms with van der Waals surface area (Å²) in [5.74, 6) is -2.53. The van der Waals surface area contributed by atoms with Crippen LogP contribution in [0.4, 0.5) is 0 Å². The first-order valence-corrected chi connectivity index (χ1v) is 7.52. The maximum Gasteiger partial charge on any atom is 0.310 e. The minimum atomic E-state index is -0.935. The van der Waals surface area contributed by atoms with Gasteiger partial charge in [0, 0.05) is 5.92 Å². The second kappa shape index (κ2) is 8.15. The molecule has 0 heterocycles. The van der Waals surface area contributed by atoms with Gasteiger partial charge < -0.3 is 4.74 Å². The number of rotatable bonds is 6. The molecule has 0 aromatic heterocycles. The number of esters is 1. The molecule has 1 aromatic carbocycles. The lowest BCUT2D eigenvalue weighted by Gasteiger charge is -2.29. The average molecular weight is 310 g/mol. The Hall–Kier alpha value is -2.59. The Kier molecular flexibility index (Phi) is 6.54. The van der Waals surface area contributed by atoms with Gasteiger partial charge >= 0.3 is 5.97 Å². The lowest BCUT2D eigenvalue weighted by atomic mass is 9.76. The highest BCUT2D eigenvalue weighted by molar-refractivity contribution is 5.74. The molecule has 4 heteroatoms. The van der Waals surface area contributed by atoms with Crippen molar-refractivity contribution in [2.75, 3.05) is 0 Å². The Labute approximate surface area is 138 Å². The first kappa shape index (κ1) is 18.5. The van der Waals surface area contributed by atoms with E-state index in [9.17, 15) is 15.3 Å². The van der Waals surface area contributed by atoms with Gasteiger partial charge in [-0.05, 0) is 32.8 Å². The molecule has 23 heavy (non-hydrogen) atoms. The summed E-state index contributed by atoms with van der Waals surface area (Å²) < 4.78 is 5.49. The molecule has 0 bridgehead atoms. The van der Waals surface area contributed by atoms with Crippen molar-refractivity contribution >= 4 is 5.97 Å². The van der Waals surface area contributed by atoms with Crippen LogP contribution < -0.4 is 0 Å². The van der Waals surface area contributed by atoms with Gasteiger partial charge in [-0.3, -0.25) is 4.79 Å². The summed E-state index contributed by atoms with van der Waals surface area (Å²) in [6.07, 6.45) is 1.96. The van der Waals surface area contributed by atoms with Gasteiger partial charge in [-0.25, -0.2) is 0 Å². The van der Waals surface area contributed by atoms with Crippen molar-refractivity contribution < 1.29 is 9.53 Å². The fourth-order valence-electron chi connectivity index (χ4n) is 2.47. The summed E-state index contributed by atoms with van der Waals surface area (Å²) in [6.45, 7) is 9.07. The highest BCUT2D eigenvalue weighted by atomic mass is 16.6. The zero-order valence-corrected chi connectivity index (χ0v) is 13.8. The third-order valence-electron chi connectivity index (χ3n) is 3.39. The van der Waals surface area contributed by atoms with Crippen molar-refractivity contribution in [3.05, 3.63) is 48.6 Å². The highest BCUT2D eigenvalue weighted by Crippen LogP contribution is 2.36. The second-order valence-corrected chi connectivity index (χ2v) is 6.34. The SMILES string of the molecule is C=CC[C@@H](C(=O)OC(C)(C)C)[C@@H](c1ccccc1)C(C#N)C#N. The van der Waals surface area contributed by atoms with Crippen LogP contribution in [0.25, 0.3) is 0 Å². The number of benzene rings is 1. The third kappa shape index (κ3) is 5.27. The van der Waals surface area contributed by atoms with E-state index in [0.29, 0.717) is 6.42 Å². The van der Waals surface area contributed by atoms with E-state index in [4.69, 9.17) is 4.74 Å². The molecular formula is C19H22N2O2. The average Bonchev–Trinajstić information content (AvgIpc) is 2.50. The van der Waals surface area contributed by atoms with Crippen LogP contribution in [0.1, 0.15) is 38.7 Å². The van der Waals surface area contributed by atoms with E-state index >= 15 is 0 Å². The van der Waals surface area contributed by atoms with Gasteiger partial charge in [0.1, 0.15) is 11.5 Å². The van der Waals surface area contributed by atoms with E-state index in [1.165, 1.54) is 0 Å². The molecule has 0 fully saturated rings. The number of carbonyl (C=O) groups is 1. The lowest BCUT2D eigenvalue weighted by Crippen LogP contribution is -2.33.